The van der Waals surface area contributed by atoms with E-state index in [9.17, 15) is 20.1 Å². The molecule has 5 rings (SSSR count). The van der Waals surface area contributed by atoms with Gasteiger partial charge < -0.3 is 30.4 Å². The summed E-state index contributed by atoms with van der Waals surface area (Å²) in [6.07, 6.45) is 5.12. The maximum Gasteiger partial charge on any atom is 0.253 e. The van der Waals surface area contributed by atoms with Gasteiger partial charge in [-0.3, -0.25) is 9.79 Å². The number of phenols is 3. The highest BCUT2D eigenvalue weighted by Crippen LogP contribution is 2.39. The second kappa shape index (κ2) is 10.1. The number of carbonyl (C=O) groups is 1. The Kier molecular flexibility index (Phi) is 6.87. The second-order valence-electron chi connectivity index (χ2n) is 10.3. The van der Waals surface area contributed by atoms with E-state index >= 15 is 0 Å². The molecule has 0 spiro atoms. The van der Waals surface area contributed by atoms with Crippen molar-refractivity contribution >= 4 is 34.2 Å². The Labute approximate surface area is 215 Å². The lowest BCUT2D eigenvalue weighted by molar-refractivity contribution is 0.0918. The fourth-order valence-corrected chi connectivity index (χ4v) is 5.12. The number of fused-ring (bicyclic) bond motifs is 2. The lowest BCUT2D eigenvalue weighted by Gasteiger charge is -2.29. The summed E-state index contributed by atoms with van der Waals surface area (Å²) in [5.74, 6) is -0.792. The molecule has 4 N–H and O–H groups in total. The first-order chi connectivity index (χ1) is 17.7. The minimum Gasteiger partial charge on any atom is -0.507 e. The Balaban J connectivity index is 1.58. The number of hydrogen-bond donors (Lipinski definition) is 4. The van der Waals surface area contributed by atoms with Gasteiger partial charge in [0.1, 0.15) is 39.3 Å². The lowest BCUT2D eigenvalue weighted by atomic mass is 10.0. The summed E-state index contributed by atoms with van der Waals surface area (Å²) in [7, 11) is 4.14. The van der Waals surface area contributed by atoms with Crippen molar-refractivity contribution in [2.24, 2.45) is 4.99 Å². The van der Waals surface area contributed by atoms with Gasteiger partial charge in [0, 0.05) is 17.8 Å². The Morgan fingerprint density at radius 1 is 0.919 bits per heavy atom. The number of aromatic hydroxyl groups is 3. The molecule has 3 aromatic rings. The number of aliphatic imine (C=N–C) groups is 1. The van der Waals surface area contributed by atoms with Crippen LogP contribution < -0.4 is 5.32 Å². The Morgan fingerprint density at radius 2 is 1.54 bits per heavy atom. The molecule has 0 unspecified atom stereocenters. The number of rotatable bonds is 4. The number of benzene rings is 2. The molecular weight excluding hydrogens is 472 g/mol. The van der Waals surface area contributed by atoms with Crippen molar-refractivity contribution < 1.29 is 20.1 Å². The van der Waals surface area contributed by atoms with Crippen LogP contribution in [-0.4, -0.2) is 99.6 Å². The Bertz CT molecular complexity index is 1380. The molecule has 2 aliphatic heterocycles. The molecule has 0 atom stereocenters. The highest BCUT2D eigenvalue weighted by atomic mass is 16.3. The first-order valence-electron chi connectivity index (χ1n) is 12.8. The molecule has 1 aromatic heterocycles. The minimum atomic E-state index is -0.299. The zero-order valence-electron chi connectivity index (χ0n) is 21.5. The molecule has 37 heavy (non-hydrogen) atoms. The average Bonchev–Trinajstić information content (AvgIpc) is 2.89. The monoisotopic (exact) mass is 506 g/mol. The molecule has 2 fully saturated rings. The number of phenolic OH excluding ortho intramolecular Hbond substituents is 3. The molecule has 1 amide bonds. The van der Waals surface area contributed by atoms with Gasteiger partial charge in [0.15, 0.2) is 0 Å². The second-order valence-corrected chi connectivity index (χ2v) is 10.3. The summed E-state index contributed by atoms with van der Waals surface area (Å²) in [5, 5.41) is 35.5. The number of nitrogens with one attached hydrogen (secondary N) is 1. The topological polar surface area (TPSA) is 134 Å². The van der Waals surface area contributed by atoms with Gasteiger partial charge in [-0.1, -0.05) is 0 Å². The maximum atomic E-state index is 13.2. The summed E-state index contributed by atoms with van der Waals surface area (Å²) >= 11 is 0. The molecule has 3 heterocycles. The number of amides is 1. The van der Waals surface area contributed by atoms with Crippen molar-refractivity contribution in [3.63, 3.8) is 0 Å². The van der Waals surface area contributed by atoms with Crippen molar-refractivity contribution in [3.05, 3.63) is 28.8 Å². The van der Waals surface area contributed by atoms with E-state index in [2.05, 4.69) is 39.2 Å². The zero-order valence-corrected chi connectivity index (χ0v) is 21.5. The fraction of sp³-hybridized carbons (Fsp3) is 0.481. The van der Waals surface area contributed by atoms with Gasteiger partial charge >= 0.3 is 0 Å². The van der Waals surface area contributed by atoms with Crippen LogP contribution in [0, 0.1) is 6.92 Å². The van der Waals surface area contributed by atoms with E-state index < -0.39 is 0 Å². The molecule has 0 aliphatic carbocycles. The van der Waals surface area contributed by atoms with Crippen LogP contribution in [0.2, 0.25) is 0 Å². The predicted octanol–water partition coefficient (Wildman–Crippen LogP) is 2.55. The van der Waals surface area contributed by atoms with Crippen molar-refractivity contribution in [2.75, 3.05) is 40.3 Å². The number of aromatic nitrogens is 2. The van der Waals surface area contributed by atoms with Gasteiger partial charge in [0.05, 0.1) is 17.2 Å². The first-order valence-corrected chi connectivity index (χ1v) is 12.8. The Hall–Kier alpha value is -3.50. The van der Waals surface area contributed by atoms with Crippen LogP contribution in [0.4, 0.5) is 0 Å². The van der Waals surface area contributed by atoms with E-state index in [1.165, 1.54) is 12.1 Å². The van der Waals surface area contributed by atoms with E-state index in [4.69, 9.17) is 4.99 Å². The van der Waals surface area contributed by atoms with E-state index in [1.54, 1.807) is 13.1 Å². The maximum absolute atomic E-state index is 13.2. The normalized spacial score (nSPS) is 18.8. The molecule has 10 heteroatoms. The first kappa shape index (κ1) is 25.2. The summed E-state index contributed by atoms with van der Waals surface area (Å²) in [6, 6.07) is 3.12. The van der Waals surface area contributed by atoms with Gasteiger partial charge in [0.2, 0.25) is 0 Å². The van der Waals surface area contributed by atoms with Crippen LogP contribution in [-0.2, 0) is 0 Å². The largest absolute Gasteiger partial charge is 0.507 e. The minimum absolute atomic E-state index is 0.0518. The summed E-state index contributed by atoms with van der Waals surface area (Å²) in [5.41, 5.74) is 1.53. The predicted molar refractivity (Wildman–Crippen MR) is 143 cm³/mol. The highest BCUT2D eigenvalue weighted by Gasteiger charge is 2.24. The summed E-state index contributed by atoms with van der Waals surface area (Å²) in [6.45, 7) is 5.31. The molecule has 0 saturated carbocycles. The molecule has 2 saturated heterocycles. The van der Waals surface area contributed by atoms with E-state index in [1.807, 2.05) is 0 Å². The van der Waals surface area contributed by atoms with Crippen molar-refractivity contribution in [3.8, 4) is 17.2 Å². The van der Waals surface area contributed by atoms with E-state index in [0.717, 1.165) is 51.9 Å². The van der Waals surface area contributed by atoms with Gasteiger partial charge in [-0.2, -0.15) is 0 Å². The Morgan fingerprint density at radius 3 is 2.22 bits per heavy atom. The molecule has 196 valence electrons. The molecule has 2 aliphatic rings. The highest BCUT2D eigenvalue weighted by molar-refractivity contribution is 6.10. The smallest absolute Gasteiger partial charge is 0.253 e. The molecule has 2 aromatic carbocycles. The van der Waals surface area contributed by atoms with Crippen molar-refractivity contribution in [1.29, 1.82) is 0 Å². The third-order valence-electron chi connectivity index (χ3n) is 7.65. The van der Waals surface area contributed by atoms with Gasteiger partial charge in [0.25, 0.3) is 5.91 Å². The van der Waals surface area contributed by atoms with Crippen molar-refractivity contribution in [2.45, 2.75) is 44.7 Å². The molecule has 0 radical (unpaired) electrons. The van der Waals surface area contributed by atoms with Crippen LogP contribution >= 0.6 is 0 Å². The van der Waals surface area contributed by atoms with Crippen LogP contribution in [0.25, 0.3) is 22.1 Å². The fourth-order valence-electron chi connectivity index (χ4n) is 5.12. The van der Waals surface area contributed by atoms with Crippen molar-refractivity contribution in [1.82, 2.24) is 25.1 Å². The van der Waals surface area contributed by atoms with E-state index in [-0.39, 0.29) is 68.4 Å². The lowest BCUT2D eigenvalue weighted by Crippen LogP contribution is -2.43. The SMILES string of the molecule is Cc1c(O)c(C=NC2CCN(C)CC2)c2nc3c(O)ccc(C(=O)NC4CCN(C)CC4)c3nc2c1O. The average molecular weight is 507 g/mol. The summed E-state index contributed by atoms with van der Waals surface area (Å²) < 4.78 is 0. The van der Waals surface area contributed by atoms with Gasteiger partial charge in [-0.05, 0) is 85.0 Å². The number of carbonyl (C=O) groups excluding carboxylic acids is 1. The zero-order chi connectivity index (χ0) is 26.3. The third kappa shape index (κ3) is 4.91. The standard InChI is InChI=1S/C27H34N6O4/c1-15-25(35)19(14-28-16-6-10-32(2)11-7-16)22-24(26(15)36)31-21-18(4-5-20(34)23(21)30-22)27(37)29-17-8-12-33(3)13-9-17/h4-5,14,16-17,34-36H,6-13H2,1-3H3,(H,29,37). The van der Waals surface area contributed by atoms with Gasteiger partial charge in [-0.15, -0.1) is 0 Å². The molecule has 10 nitrogen and oxygen atoms in total. The van der Waals surface area contributed by atoms with Crippen LogP contribution in [0.1, 0.15) is 47.2 Å². The van der Waals surface area contributed by atoms with Crippen LogP contribution in [0.15, 0.2) is 17.1 Å². The van der Waals surface area contributed by atoms with Crippen LogP contribution in [0.5, 0.6) is 17.2 Å². The summed E-state index contributed by atoms with van der Waals surface area (Å²) in [4.78, 5) is 31.6. The van der Waals surface area contributed by atoms with Crippen LogP contribution in [0.3, 0.4) is 0 Å². The van der Waals surface area contributed by atoms with E-state index in [0.29, 0.717) is 5.56 Å². The number of likely N-dealkylation sites (tertiary alicyclic amines) is 2. The molecular formula is C27H34N6O4. The third-order valence-corrected chi connectivity index (χ3v) is 7.65. The van der Waals surface area contributed by atoms with Gasteiger partial charge in [-0.25, -0.2) is 9.97 Å². The molecule has 0 bridgehead atoms. The number of hydrogen-bond acceptors (Lipinski definition) is 9. The number of piperidine rings is 2. The number of nitrogens with zero attached hydrogens (tertiary/aromatic N) is 5. The quantitative estimate of drug-likeness (QED) is 0.313.